The molecule has 0 unspecified atom stereocenters. The number of carbonyl (C=O) groups is 1. The van der Waals surface area contributed by atoms with Crippen LogP contribution in [0.5, 0.6) is 0 Å². The fourth-order valence-corrected chi connectivity index (χ4v) is 1.45. The van der Waals surface area contributed by atoms with E-state index in [1.807, 2.05) is 6.92 Å². The zero-order chi connectivity index (χ0) is 15.5. The summed E-state index contributed by atoms with van der Waals surface area (Å²) in [4.78, 5) is 15.5. The van der Waals surface area contributed by atoms with Gasteiger partial charge in [-0.15, -0.1) is 0 Å². The Morgan fingerprint density at radius 3 is 2.95 bits per heavy atom. The highest BCUT2D eigenvalue weighted by atomic mass is 35.5. The maximum atomic E-state index is 11.6. The van der Waals surface area contributed by atoms with Gasteiger partial charge in [-0.3, -0.25) is 0 Å². The van der Waals surface area contributed by atoms with Gasteiger partial charge in [0.2, 0.25) is 0 Å². The van der Waals surface area contributed by atoms with E-state index < -0.39 is 5.97 Å². The van der Waals surface area contributed by atoms with E-state index >= 15 is 0 Å². The van der Waals surface area contributed by atoms with Gasteiger partial charge in [0.15, 0.2) is 5.57 Å². The van der Waals surface area contributed by atoms with Crippen molar-refractivity contribution >= 4 is 17.6 Å². The molecule has 0 bridgehead atoms. The van der Waals surface area contributed by atoms with E-state index in [9.17, 15) is 4.79 Å². The summed E-state index contributed by atoms with van der Waals surface area (Å²) in [6.07, 6.45) is 2.92. The summed E-state index contributed by atoms with van der Waals surface area (Å²) >= 11 is 5.67. The van der Waals surface area contributed by atoms with Crippen LogP contribution in [-0.4, -0.2) is 30.8 Å². The largest absolute Gasteiger partial charge is 0.459 e. The normalized spacial score (nSPS) is 10.8. The fourth-order valence-electron chi connectivity index (χ4n) is 1.33. The van der Waals surface area contributed by atoms with Crippen molar-refractivity contribution in [1.29, 1.82) is 5.26 Å². The van der Waals surface area contributed by atoms with Gasteiger partial charge in [0, 0.05) is 25.5 Å². The van der Waals surface area contributed by atoms with Crippen molar-refractivity contribution in [2.75, 3.05) is 19.8 Å². The highest BCUT2D eigenvalue weighted by Gasteiger charge is 2.09. The van der Waals surface area contributed by atoms with Crippen LogP contribution in [0.1, 0.15) is 12.5 Å². The van der Waals surface area contributed by atoms with Crippen LogP contribution >= 0.6 is 11.6 Å². The third kappa shape index (κ3) is 6.75. The van der Waals surface area contributed by atoms with Crippen LogP contribution in [0.15, 0.2) is 30.1 Å². The predicted octanol–water partition coefficient (Wildman–Crippen LogP) is 1.81. The average molecular weight is 310 g/mol. The number of nitrogens with zero attached hydrogens (tertiary/aromatic N) is 2. The second kappa shape index (κ2) is 9.75. The minimum absolute atomic E-state index is 0.103. The lowest BCUT2D eigenvalue weighted by Crippen LogP contribution is -2.15. The van der Waals surface area contributed by atoms with Gasteiger partial charge in [-0.2, -0.15) is 5.26 Å². The van der Waals surface area contributed by atoms with Crippen molar-refractivity contribution < 1.29 is 14.3 Å². The number of ether oxygens (including phenoxy) is 2. The first-order valence-corrected chi connectivity index (χ1v) is 6.74. The Labute approximate surface area is 128 Å². The molecule has 7 heteroatoms. The Balaban J connectivity index is 2.42. The van der Waals surface area contributed by atoms with Crippen LogP contribution in [0.2, 0.25) is 5.15 Å². The number of nitriles is 1. The molecular weight excluding hydrogens is 294 g/mol. The molecule has 1 aromatic heterocycles. The maximum absolute atomic E-state index is 11.6. The minimum atomic E-state index is -0.682. The molecule has 0 radical (unpaired) electrons. The number of hydrogen-bond donors (Lipinski definition) is 1. The van der Waals surface area contributed by atoms with Crippen molar-refractivity contribution in [3.05, 3.63) is 40.8 Å². The summed E-state index contributed by atoms with van der Waals surface area (Å²) in [5.41, 5.74) is 0.770. The zero-order valence-corrected chi connectivity index (χ0v) is 12.4. The van der Waals surface area contributed by atoms with Gasteiger partial charge in [-0.25, -0.2) is 9.78 Å². The second-order valence-corrected chi connectivity index (χ2v) is 4.26. The standard InChI is InChI=1S/C14H16ClN3O3/c1-2-20-5-6-21-14(19)12(7-16)10-17-8-11-3-4-13(15)18-9-11/h3-4,9-10,17H,2,5-6,8H2,1H3/b12-10-. The Hall–Kier alpha value is -2.10. The predicted molar refractivity (Wildman–Crippen MR) is 77.2 cm³/mol. The van der Waals surface area contributed by atoms with Crippen LogP contribution in [0.25, 0.3) is 0 Å². The number of halogens is 1. The summed E-state index contributed by atoms with van der Waals surface area (Å²) in [6.45, 7) is 3.24. The van der Waals surface area contributed by atoms with Crippen molar-refractivity contribution in [1.82, 2.24) is 10.3 Å². The lowest BCUT2D eigenvalue weighted by molar-refractivity contribution is -0.140. The van der Waals surface area contributed by atoms with Crippen molar-refractivity contribution in [2.45, 2.75) is 13.5 Å². The molecule has 0 aliphatic heterocycles. The summed E-state index contributed by atoms with van der Waals surface area (Å²) in [5, 5.41) is 12.2. The molecule has 0 aromatic carbocycles. The van der Waals surface area contributed by atoms with Crippen molar-refractivity contribution in [3.8, 4) is 6.07 Å². The molecule has 1 rings (SSSR count). The number of hydrogen-bond acceptors (Lipinski definition) is 6. The first-order valence-electron chi connectivity index (χ1n) is 6.36. The molecule has 0 atom stereocenters. The second-order valence-electron chi connectivity index (χ2n) is 3.87. The number of rotatable bonds is 8. The number of pyridine rings is 1. The molecule has 6 nitrogen and oxygen atoms in total. The van der Waals surface area contributed by atoms with Crippen LogP contribution in [-0.2, 0) is 20.8 Å². The third-order valence-corrected chi connectivity index (χ3v) is 2.57. The minimum Gasteiger partial charge on any atom is -0.459 e. The lowest BCUT2D eigenvalue weighted by atomic mass is 10.3. The molecule has 0 saturated heterocycles. The van der Waals surface area contributed by atoms with Gasteiger partial charge >= 0.3 is 5.97 Å². The SMILES string of the molecule is CCOCCOC(=O)/C(C#N)=C\NCc1ccc(Cl)nc1. The molecule has 0 amide bonds. The highest BCUT2D eigenvalue weighted by molar-refractivity contribution is 6.29. The van der Waals surface area contributed by atoms with Gasteiger partial charge < -0.3 is 14.8 Å². The Kier molecular flexibility index (Phi) is 7.87. The number of aromatic nitrogens is 1. The molecule has 1 heterocycles. The zero-order valence-electron chi connectivity index (χ0n) is 11.6. The van der Waals surface area contributed by atoms with E-state index in [0.29, 0.717) is 24.9 Å². The summed E-state index contributed by atoms with van der Waals surface area (Å²) in [6, 6.07) is 5.24. The van der Waals surface area contributed by atoms with Crippen molar-refractivity contribution in [2.24, 2.45) is 0 Å². The third-order valence-electron chi connectivity index (χ3n) is 2.35. The molecule has 0 spiro atoms. The van der Waals surface area contributed by atoms with E-state index in [2.05, 4.69) is 10.3 Å². The van der Waals surface area contributed by atoms with E-state index in [-0.39, 0.29) is 12.2 Å². The van der Waals surface area contributed by atoms with Crippen LogP contribution in [0, 0.1) is 11.3 Å². The topological polar surface area (TPSA) is 84.2 Å². The quantitative estimate of drug-likeness (QED) is 0.259. The summed E-state index contributed by atoms with van der Waals surface area (Å²) in [5.74, 6) is -0.682. The van der Waals surface area contributed by atoms with E-state index in [0.717, 1.165) is 5.56 Å². The van der Waals surface area contributed by atoms with Gasteiger partial charge in [0.05, 0.1) is 6.61 Å². The first kappa shape index (κ1) is 17.0. The van der Waals surface area contributed by atoms with Crippen LogP contribution < -0.4 is 5.32 Å². The molecule has 1 aromatic rings. The molecule has 0 fully saturated rings. The van der Waals surface area contributed by atoms with Gasteiger partial charge in [-0.05, 0) is 18.6 Å². The van der Waals surface area contributed by atoms with Gasteiger partial charge in [0.25, 0.3) is 0 Å². The maximum Gasteiger partial charge on any atom is 0.350 e. The molecule has 0 aliphatic carbocycles. The molecular formula is C14H16ClN3O3. The van der Waals surface area contributed by atoms with E-state index in [1.165, 1.54) is 6.20 Å². The number of esters is 1. The smallest absolute Gasteiger partial charge is 0.350 e. The van der Waals surface area contributed by atoms with Gasteiger partial charge in [0.1, 0.15) is 17.8 Å². The number of nitrogens with one attached hydrogen (secondary N) is 1. The molecule has 21 heavy (non-hydrogen) atoms. The lowest BCUT2D eigenvalue weighted by Gasteiger charge is -2.05. The fraction of sp³-hybridized carbons (Fsp3) is 0.357. The van der Waals surface area contributed by atoms with Gasteiger partial charge in [-0.1, -0.05) is 17.7 Å². The highest BCUT2D eigenvalue weighted by Crippen LogP contribution is 2.05. The molecule has 1 N–H and O–H groups in total. The van der Waals surface area contributed by atoms with E-state index in [1.54, 1.807) is 24.4 Å². The Bertz CT molecular complexity index is 523. The Morgan fingerprint density at radius 1 is 1.52 bits per heavy atom. The average Bonchev–Trinajstić information content (AvgIpc) is 2.50. The summed E-state index contributed by atoms with van der Waals surface area (Å²) < 4.78 is 9.92. The molecule has 0 aliphatic rings. The van der Waals surface area contributed by atoms with Crippen LogP contribution in [0.3, 0.4) is 0 Å². The van der Waals surface area contributed by atoms with Crippen LogP contribution in [0.4, 0.5) is 0 Å². The summed E-state index contributed by atoms with van der Waals surface area (Å²) in [7, 11) is 0. The van der Waals surface area contributed by atoms with Crippen molar-refractivity contribution in [3.63, 3.8) is 0 Å². The Morgan fingerprint density at radius 2 is 2.33 bits per heavy atom. The number of carbonyl (C=O) groups excluding carboxylic acids is 1. The first-order chi connectivity index (χ1) is 10.2. The van der Waals surface area contributed by atoms with E-state index in [4.69, 9.17) is 26.3 Å². The molecule has 0 saturated carbocycles. The monoisotopic (exact) mass is 309 g/mol. The molecule has 112 valence electrons.